The van der Waals surface area contributed by atoms with Crippen molar-refractivity contribution in [2.24, 2.45) is 0 Å². The van der Waals surface area contributed by atoms with E-state index in [1.54, 1.807) is 7.11 Å². The topological polar surface area (TPSA) is 35.5 Å². The van der Waals surface area contributed by atoms with Gasteiger partial charge in [0, 0.05) is 0 Å². The number of carbonyl (C=O) groups is 1. The van der Waals surface area contributed by atoms with Crippen molar-refractivity contribution >= 4 is 5.97 Å². The van der Waals surface area contributed by atoms with Crippen LogP contribution in [0.2, 0.25) is 0 Å². The average molecular weight is 407 g/mol. The second kappa shape index (κ2) is 15.3. The van der Waals surface area contributed by atoms with E-state index in [1.807, 2.05) is 24.3 Å². The molecule has 0 atom stereocenters. The Balaban J connectivity index is 2.05. The molecule has 1 aromatic carbocycles. The van der Waals surface area contributed by atoms with Crippen LogP contribution in [-0.4, -0.2) is 51.4 Å². The number of rotatable bonds is 17. The van der Waals surface area contributed by atoms with Crippen molar-refractivity contribution in [2.75, 3.05) is 40.9 Å². The maximum absolute atomic E-state index is 12.0. The predicted octanol–water partition coefficient (Wildman–Crippen LogP) is 5.78. The van der Waals surface area contributed by atoms with Crippen LogP contribution >= 0.6 is 0 Å². The molecule has 0 saturated heterocycles. The molecule has 0 saturated carbocycles. The van der Waals surface area contributed by atoms with E-state index in [-0.39, 0.29) is 5.97 Å². The van der Waals surface area contributed by atoms with E-state index >= 15 is 0 Å². The summed E-state index contributed by atoms with van der Waals surface area (Å²) in [6.07, 6.45) is 14.0. The number of quaternary nitrogens is 1. The lowest BCUT2D eigenvalue weighted by atomic mass is 10.1. The second-order valence-electron chi connectivity index (χ2n) is 8.81. The van der Waals surface area contributed by atoms with Crippen molar-refractivity contribution < 1.29 is 18.8 Å². The van der Waals surface area contributed by atoms with E-state index in [2.05, 4.69) is 21.0 Å². The molecular formula is C25H44NO3+. The fourth-order valence-corrected chi connectivity index (χ4v) is 3.51. The molecular weight excluding hydrogens is 362 g/mol. The smallest absolute Gasteiger partial charge is 0.310 e. The Labute approximate surface area is 179 Å². The van der Waals surface area contributed by atoms with Crippen LogP contribution in [0.1, 0.15) is 76.7 Å². The molecule has 0 amide bonds. The Morgan fingerprint density at radius 2 is 1.38 bits per heavy atom. The molecule has 0 radical (unpaired) electrons. The van der Waals surface area contributed by atoms with E-state index in [9.17, 15) is 4.79 Å². The molecule has 0 bridgehead atoms. The number of likely N-dealkylation sites (N-methyl/N-ethyl adjacent to an activating group) is 1. The van der Waals surface area contributed by atoms with E-state index < -0.39 is 0 Å². The van der Waals surface area contributed by atoms with E-state index in [4.69, 9.17) is 9.47 Å². The van der Waals surface area contributed by atoms with Crippen molar-refractivity contribution in [1.82, 2.24) is 0 Å². The Kier molecular flexibility index (Phi) is 13.5. The van der Waals surface area contributed by atoms with Gasteiger partial charge in [0.05, 0.1) is 34.2 Å². The van der Waals surface area contributed by atoms with Gasteiger partial charge in [-0.05, 0) is 30.5 Å². The highest BCUT2D eigenvalue weighted by Gasteiger charge is 2.15. The first-order valence-corrected chi connectivity index (χ1v) is 11.6. The number of ether oxygens (including phenoxy) is 2. The number of nitrogens with zero attached hydrogens (tertiary/aromatic N) is 1. The highest BCUT2D eigenvalue weighted by Crippen LogP contribution is 2.13. The number of hydrogen-bond acceptors (Lipinski definition) is 3. The van der Waals surface area contributed by atoms with Crippen LogP contribution in [0.25, 0.3) is 0 Å². The molecule has 0 fully saturated rings. The number of benzene rings is 1. The van der Waals surface area contributed by atoms with Crippen LogP contribution in [0.5, 0.6) is 5.75 Å². The van der Waals surface area contributed by atoms with Gasteiger partial charge in [0.2, 0.25) is 0 Å². The molecule has 0 aliphatic heterocycles. The number of unbranched alkanes of at least 4 members (excludes halogenated alkanes) is 9. The van der Waals surface area contributed by atoms with Gasteiger partial charge in [0.25, 0.3) is 0 Å². The molecule has 0 unspecified atom stereocenters. The average Bonchev–Trinajstić information content (AvgIpc) is 2.70. The Hall–Kier alpha value is -1.55. The standard InChI is InChI=1S/C25H44NO3/c1-5-6-7-8-9-10-11-12-13-14-19-26(2,3)20-21-29-25(27)22-23-15-17-24(28-4)18-16-23/h15-18H,5-14,19-22H2,1-4H3/q+1. The zero-order chi connectivity index (χ0) is 21.4. The van der Waals surface area contributed by atoms with Gasteiger partial charge in [0.1, 0.15) is 18.9 Å². The maximum Gasteiger partial charge on any atom is 0.310 e. The summed E-state index contributed by atoms with van der Waals surface area (Å²) < 4.78 is 11.5. The Morgan fingerprint density at radius 3 is 1.93 bits per heavy atom. The van der Waals surface area contributed by atoms with Crippen LogP contribution in [-0.2, 0) is 16.0 Å². The lowest BCUT2D eigenvalue weighted by molar-refractivity contribution is -0.890. The zero-order valence-electron chi connectivity index (χ0n) is 19.4. The highest BCUT2D eigenvalue weighted by molar-refractivity contribution is 5.72. The van der Waals surface area contributed by atoms with Crippen molar-refractivity contribution in [3.05, 3.63) is 29.8 Å². The summed E-state index contributed by atoms with van der Waals surface area (Å²) in [6.45, 7) is 4.77. The SMILES string of the molecule is CCCCCCCCCCCC[N+](C)(C)CCOC(=O)Cc1ccc(OC)cc1. The van der Waals surface area contributed by atoms with Crippen LogP contribution in [0.15, 0.2) is 24.3 Å². The van der Waals surface area contributed by atoms with Crippen LogP contribution in [0.3, 0.4) is 0 Å². The Bertz CT molecular complexity index is 540. The van der Waals surface area contributed by atoms with Gasteiger partial charge in [-0.2, -0.15) is 0 Å². The summed E-state index contributed by atoms with van der Waals surface area (Å²) in [5, 5.41) is 0. The number of esters is 1. The lowest BCUT2D eigenvalue weighted by Gasteiger charge is -2.29. The first kappa shape index (κ1) is 25.5. The molecule has 0 aliphatic rings. The largest absolute Gasteiger partial charge is 0.497 e. The first-order chi connectivity index (χ1) is 14.0. The minimum absolute atomic E-state index is 0.158. The molecule has 166 valence electrons. The van der Waals surface area contributed by atoms with Gasteiger partial charge in [-0.15, -0.1) is 0 Å². The summed E-state index contributed by atoms with van der Waals surface area (Å²) in [5.74, 6) is 0.641. The van der Waals surface area contributed by atoms with E-state index in [0.29, 0.717) is 13.0 Å². The van der Waals surface area contributed by atoms with Gasteiger partial charge in [-0.1, -0.05) is 70.4 Å². The van der Waals surface area contributed by atoms with Crippen molar-refractivity contribution in [3.63, 3.8) is 0 Å². The van der Waals surface area contributed by atoms with Crippen LogP contribution < -0.4 is 4.74 Å². The van der Waals surface area contributed by atoms with Gasteiger partial charge in [-0.3, -0.25) is 4.79 Å². The quantitative estimate of drug-likeness (QED) is 0.187. The van der Waals surface area contributed by atoms with Crippen LogP contribution in [0, 0.1) is 0 Å². The highest BCUT2D eigenvalue weighted by atomic mass is 16.5. The predicted molar refractivity (Wildman–Crippen MR) is 121 cm³/mol. The summed E-state index contributed by atoms with van der Waals surface area (Å²) in [5.41, 5.74) is 0.954. The molecule has 0 aliphatic carbocycles. The molecule has 1 aromatic rings. The third-order valence-electron chi connectivity index (χ3n) is 5.58. The van der Waals surface area contributed by atoms with Gasteiger partial charge < -0.3 is 14.0 Å². The summed E-state index contributed by atoms with van der Waals surface area (Å²) >= 11 is 0. The minimum Gasteiger partial charge on any atom is -0.497 e. The molecule has 29 heavy (non-hydrogen) atoms. The van der Waals surface area contributed by atoms with E-state index in [1.165, 1.54) is 64.2 Å². The maximum atomic E-state index is 12.0. The normalized spacial score (nSPS) is 11.4. The first-order valence-electron chi connectivity index (χ1n) is 11.6. The Morgan fingerprint density at radius 1 is 0.828 bits per heavy atom. The number of methoxy groups -OCH3 is 1. The molecule has 0 heterocycles. The second-order valence-corrected chi connectivity index (χ2v) is 8.81. The van der Waals surface area contributed by atoms with Crippen molar-refractivity contribution in [2.45, 2.75) is 77.6 Å². The summed E-state index contributed by atoms with van der Waals surface area (Å²) in [7, 11) is 6.09. The lowest BCUT2D eigenvalue weighted by Crippen LogP contribution is -2.43. The molecule has 4 nitrogen and oxygen atoms in total. The number of carbonyl (C=O) groups excluding carboxylic acids is 1. The van der Waals surface area contributed by atoms with Crippen LogP contribution in [0.4, 0.5) is 0 Å². The third kappa shape index (κ3) is 13.3. The van der Waals surface area contributed by atoms with Gasteiger partial charge in [0.15, 0.2) is 0 Å². The van der Waals surface area contributed by atoms with Gasteiger partial charge in [-0.25, -0.2) is 0 Å². The fourth-order valence-electron chi connectivity index (χ4n) is 3.51. The monoisotopic (exact) mass is 406 g/mol. The molecule has 4 heteroatoms. The van der Waals surface area contributed by atoms with Gasteiger partial charge >= 0.3 is 5.97 Å². The third-order valence-corrected chi connectivity index (χ3v) is 5.58. The zero-order valence-corrected chi connectivity index (χ0v) is 19.4. The fraction of sp³-hybridized carbons (Fsp3) is 0.720. The molecule has 1 rings (SSSR count). The minimum atomic E-state index is -0.158. The summed E-state index contributed by atoms with van der Waals surface area (Å²) in [6, 6.07) is 7.56. The molecule has 0 aromatic heterocycles. The van der Waals surface area contributed by atoms with E-state index in [0.717, 1.165) is 28.9 Å². The summed E-state index contributed by atoms with van der Waals surface area (Å²) in [4.78, 5) is 12.0. The molecule has 0 spiro atoms. The number of hydrogen-bond donors (Lipinski definition) is 0. The van der Waals surface area contributed by atoms with Crippen molar-refractivity contribution in [1.29, 1.82) is 0 Å². The van der Waals surface area contributed by atoms with Crippen molar-refractivity contribution in [3.8, 4) is 5.75 Å². The molecule has 0 N–H and O–H groups in total.